The average molecular weight is 1090 g/mol. The Morgan fingerprint density at radius 2 is 0.897 bits per heavy atom. The molecule has 2 aliphatic heterocycles. The highest BCUT2D eigenvalue weighted by atomic mass is 16.7. The Kier molecular flexibility index (Phi) is 43.1. The van der Waals surface area contributed by atoms with E-state index >= 15 is 0 Å². The fourth-order valence-electron chi connectivity index (χ4n) is 8.57. The third-order valence-electron chi connectivity index (χ3n) is 13.3. The van der Waals surface area contributed by atoms with Gasteiger partial charge in [-0.25, -0.2) is 0 Å². The maximum absolute atomic E-state index is 13.2. The number of carbonyl (C=O) groups is 1. The van der Waals surface area contributed by atoms with Gasteiger partial charge >= 0.3 is 0 Å². The number of allylic oxidation sites excluding steroid dienone is 21. The van der Waals surface area contributed by atoms with Crippen LogP contribution in [0.1, 0.15) is 168 Å². The molecule has 442 valence electrons. The van der Waals surface area contributed by atoms with Crippen LogP contribution in [0, 0.1) is 0 Å². The first-order chi connectivity index (χ1) is 38.1. The summed E-state index contributed by atoms with van der Waals surface area (Å²) in [6.07, 6.45) is 53.5. The maximum atomic E-state index is 13.2. The number of nitrogens with one attached hydrogen (secondary N) is 1. The van der Waals surface area contributed by atoms with Crippen LogP contribution in [0.5, 0.6) is 0 Å². The summed E-state index contributed by atoms with van der Waals surface area (Å²) in [4.78, 5) is 13.2. The molecule has 0 radical (unpaired) electrons. The number of aliphatic hydroxyl groups is 8. The predicted molar refractivity (Wildman–Crippen MR) is 313 cm³/mol. The van der Waals surface area contributed by atoms with Crippen LogP contribution in [0.4, 0.5) is 0 Å². The van der Waals surface area contributed by atoms with Crippen molar-refractivity contribution >= 4 is 5.91 Å². The molecular weight excluding hydrogens is 991 g/mol. The molecule has 12 unspecified atom stereocenters. The molecule has 0 aromatic heterocycles. The van der Waals surface area contributed by atoms with Gasteiger partial charge in [0.25, 0.3) is 0 Å². The van der Waals surface area contributed by atoms with E-state index in [0.29, 0.717) is 12.8 Å². The van der Waals surface area contributed by atoms with Crippen LogP contribution in [0.25, 0.3) is 0 Å². The largest absolute Gasteiger partial charge is 0.394 e. The van der Waals surface area contributed by atoms with Crippen LogP contribution in [0.3, 0.4) is 0 Å². The summed E-state index contributed by atoms with van der Waals surface area (Å²) in [6, 6.07) is -0.955. The zero-order valence-electron chi connectivity index (χ0n) is 47.3. The van der Waals surface area contributed by atoms with Gasteiger partial charge in [-0.15, -0.1) is 0 Å². The molecule has 2 heterocycles. The maximum Gasteiger partial charge on any atom is 0.220 e. The number of carbonyl (C=O) groups excluding carboxylic acids is 1. The number of aliphatic hydroxyl groups excluding tert-OH is 8. The van der Waals surface area contributed by atoms with Gasteiger partial charge in [0.05, 0.1) is 32.0 Å². The van der Waals surface area contributed by atoms with Crippen molar-refractivity contribution in [1.82, 2.24) is 5.32 Å². The molecule has 0 aromatic carbocycles. The molecule has 14 heteroatoms. The summed E-state index contributed by atoms with van der Waals surface area (Å²) in [5, 5.41) is 86.9. The Labute approximate surface area is 469 Å². The second-order valence-electron chi connectivity index (χ2n) is 20.0. The fourth-order valence-corrected chi connectivity index (χ4v) is 8.57. The number of hydrogen-bond donors (Lipinski definition) is 9. The summed E-state index contributed by atoms with van der Waals surface area (Å²) in [5.74, 6) is -0.277. The van der Waals surface area contributed by atoms with Gasteiger partial charge in [0.15, 0.2) is 12.6 Å². The van der Waals surface area contributed by atoms with Gasteiger partial charge in [0.2, 0.25) is 5.91 Å². The molecule has 2 fully saturated rings. The van der Waals surface area contributed by atoms with Crippen molar-refractivity contribution in [3.63, 3.8) is 0 Å². The lowest BCUT2D eigenvalue weighted by atomic mass is 9.97. The van der Waals surface area contributed by atoms with E-state index in [9.17, 15) is 45.6 Å². The first-order valence-electron chi connectivity index (χ1n) is 29.4. The summed E-state index contributed by atoms with van der Waals surface area (Å²) in [6.45, 7) is 2.58. The quantitative estimate of drug-likeness (QED) is 0.0205. The molecule has 2 rings (SSSR count). The number of rotatable bonds is 44. The Balaban J connectivity index is 1.74. The second kappa shape index (κ2) is 47.9. The third-order valence-corrected chi connectivity index (χ3v) is 13.3. The number of amides is 1. The molecule has 2 aliphatic rings. The van der Waals surface area contributed by atoms with Gasteiger partial charge in [-0.3, -0.25) is 4.79 Å². The lowest BCUT2D eigenvalue weighted by Crippen LogP contribution is -2.65. The molecule has 12 atom stereocenters. The molecular formula is C64H103NO13. The minimum atomic E-state index is -1.80. The van der Waals surface area contributed by atoms with Crippen molar-refractivity contribution in [3.8, 4) is 0 Å². The highest BCUT2D eigenvalue weighted by Gasteiger charge is 2.51. The standard InChI is InChI=1S/C64H103NO13/c1-3-5-7-9-11-13-15-17-18-19-20-21-22-23-24-25-26-27-28-29-30-31-32-33-34-36-38-40-42-44-46-48-56(69)65-52(53(68)47-45-43-41-39-37-35-16-14-12-10-8-6-4-2)51-75-63-61(74)59(72)62(55(50-67)77-63)78-64-60(73)58(71)57(70)54(49-66)76-64/h5,7,11-14,17-18,20-21,23-24,26-27,29-30,32-33,37,39,45,47,52-55,57-64,66-68,70-74H,3-4,6,8-10,15-16,19,22,25,28,31,34-36,38,40-44,46,48-51H2,1-2H3,(H,65,69)/b7-5-,13-11-,14-12+,18-17-,21-20-,24-23-,27-26-,30-29-,33-32-,39-37+,47-45+. The van der Waals surface area contributed by atoms with E-state index in [4.69, 9.17) is 18.9 Å². The van der Waals surface area contributed by atoms with Gasteiger partial charge in [-0.2, -0.15) is 0 Å². The number of unbranched alkanes of at least 4 members (excludes halogenated alkanes) is 11. The Bertz CT molecular complexity index is 1820. The van der Waals surface area contributed by atoms with Crippen LogP contribution < -0.4 is 5.32 Å². The third kappa shape index (κ3) is 33.0. The number of hydrogen-bond acceptors (Lipinski definition) is 13. The molecule has 0 spiro atoms. The van der Waals surface area contributed by atoms with Crippen molar-refractivity contribution in [2.75, 3.05) is 19.8 Å². The Morgan fingerprint density at radius 1 is 0.474 bits per heavy atom. The van der Waals surface area contributed by atoms with Crippen LogP contribution >= 0.6 is 0 Å². The summed E-state index contributed by atoms with van der Waals surface area (Å²) in [5.41, 5.74) is 0. The molecule has 0 bridgehead atoms. The highest BCUT2D eigenvalue weighted by Crippen LogP contribution is 2.30. The molecule has 0 aliphatic carbocycles. The van der Waals surface area contributed by atoms with E-state index in [-0.39, 0.29) is 18.9 Å². The Hall–Kier alpha value is -3.87. The number of ether oxygens (including phenoxy) is 4. The van der Waals surface area contributed by atoms with E-state index in [2.05, 4.69) is 141 Å². The van der Waals surface area contributed by atoms with Crippen molar-refractivity contribution in [2.45, 2.75) is 242 Å². The lowest BCUT2D eigenvalue weighted by molar-refractivity contribution is -0.359. The van der Waals surface area contributed by atoms with E-state index < -0.39 is 86.8 Å². The molecule has 0 aromatic rings. The van der Waals surface area contributed by atoms with Gasteiger partial charge in [0.1, 0.15) is 48.8 Å². The van der Waals surface area contributed by atoms with Crippen LogP contribution in [-0.2, 0) is 23.7 Å². The van der Waals surface area contributed by atoms with Crippen molar-refractivity contribution in [2.24, 2.45) is 0 Å². The van der Waals surface area contributed by atoms with E-state index in [0.717, 1.165) is 116 Å². The van der Waals surface area contributed by atoms with E-state index in [1.165, 1.54) is 19.3 Å². The molecule has 0 saturated carbocycles. The monoisotopic (exact) mass is 1090 g/mol. The summed E-state index contributed by atoms with van der Waals surface area (Å²) in [7, 11) is 0. The minimum absolute atomic E-state index is 0.243. The zero-order chi connectivity index (χ0) is 56.7. The van der Waals surface area contributed by atoms with Crippen LogP contribution in [0.2, 0.25) is 0 Å². The highest BCUT2D eigenvalue weighted by molar-refractivity contribution is 5.76. The SMILES string of the molecule is CC/C=C\C/C=C\C/C=C\C/C=C\C/C=C\C/C=C\C/C=C\C/C=C\CCCCCCCCC(=O)NC(COC1OC(CO)C(OC2OC(CO)C(O)C(O)C2O)C(O)C1O)C(O)/C=C/CC/C=C/CC/C=C/CCCCC. The fraction of sp³-hybridized carbons (Fsp3) is 0.641. The zero-order valence-corrected chi connectivity index (χ0v) is 47.3. The summed E-state index contributed by atoms with van der Waals surface area (Å²) >= 11 is 0. The van der Waals surface area contributed by atoms with Gasteiger partial charge in [-0.1, -0.05) is 186 Å². The van der Waals surface area contributed by atoms with Crippen molar-refractivity contribution < 1.29 is 64.6 Å². The Morgan fingerprint density at radius 3 is 1.41 bits per heavy atom. The normalized spacial score (nSPS) is 25.6. The molecule has 14 nitrogen and oxygen atoms in total. The van der Waals surface area contributed by atoms with E-state index in [1.807, 2.05) is 6.08 Å². The van der Waals surface area contributed by atoms with E-state index in [1.54, 1.807) is 6.08 Å². The van der Waals surface area contributed by atoms with Gasteiger partial charge in [0, 0.05) is 6.42 Å². The molecule has 78 heavy (non-hydrogen) atoms. The van der Waals surface area contributed by atoms with Crippen LogP contribution in [-0.4, -0.2) is 140 Å². The van der Waals surface area contributed by atoms with Crippen molar-refractivity contribution in [3.05, 3.63) is 134 Å². The molecule has 1 amide bonds. The molecule has 9 N–H and O–H groups in total. The topological polar surface area (TPSA) is 228 Å². The predicted octanol–water partition coefficient (Wildman–Crippen LogP) is 9.99. The van der Waals surface area contributed by atoms with Gasteiger partial charge in [-0.05, 0) is 109 Å². The van der Waals surface area contributed by atoms with Gasteiger partial charge < -0.3 is 65.1 Å². The van der Waals surface area contributed by atoms with Crippen molar-refractivity contribution in [1.29, 1.82) is 0 Å². The first kappa shape index (κ1) is 70.2. The summed E-state index contributed by atoms with van der Waals surface area (Å²) < 4.78 is 22.7. The lowest BCUT2D eigenvalue weighted by Gasteiger charge is -2.46. The molecule has 2 saturated heterocycles. The smallest absolute Gasteiger partial charge is 0.220 e. The second-order valence-corrected chi connectivity index (χ2v) is 20.0. The van der Waals surface area contributed by atoms with Crippen LogP contribution in [0.15, 0.2) is 134 Å². The first-order valence-corrected chi connectivity index (χ1v) is 29.4. The average Bonchev–Trinajstić information content (AvgIpc) is 3.47. The minimum Gasteiger partial charge on any atom is -0.394 e.